The second-order valence-electron chi connectivity index (χ2n) is 18.1. The first-order chi connectivity index (χ1) is 21.7. The van der Waals surface area contributed by atoms with Crippen LogP contribution in [-0.4, -0.2) is 34.2 Å². The summed E-state index contributed by atoms with van der Waals surface area (Å²) in [5, 5.41) is 0.0282. The molecule has 0 unspecified atom stereocenters. The number of ether oxygens (including phenoxy) is 2. The minimum atomic E-state index is -2.16. The molecule has 2 aliphatic rings. The van der Waals surface area contributed by atoms with Gasteiger partial charge in [0.2, 0.25) is 16.6 Å². The maximum atomic E-state index is 14.1. The van der Waals surface area contributed by atoms with E-state index in [1.54, 1.807) is 6.07 Å². The zero-order valence-electron chi connectivity index (χ0n) is 31.6. The van der Waals surface area contributed by atoms with E-state index < -0.39 is 45.2 Å². The van der Waals surface area contributed by atoms with Crippen molar-refractivity contribution < 1.29 is 27.9 Å². The van der Waals surface area contributed by atoms with Gasteiger partial charge in [0.1, 0.15) is 17.1 Å². The van der Waals surface area contributed by atoms with Crippen LogP contribution in [0.5, 0.6) is 11.5 Å². The summed E-state index contributed by atoms with van der Waals surface area (Å²) in [6.07, 6.45) is 0. The third kappa shape index (κ3) is 5.83. The molecule has 1 aliphatic heterocycles. The number of carbonyl (C=O) groups excluding carboxylic acids is 2. The van der Waals surface area contributed by atoms with Crippen LogP contribution in [0.1, 0.15) is 125 Å². The predicted octanol–water partition coefficient (Wildman–Crippen LogP) is 10.5. The summed E-state index contributed by atoms with van der Waals surface area (Å²) in [5.41, 5.74) is 2.27. The number of hydrogen-bond donors (Lipinski definition) is 0. The molecule has 48 heavy (non-hydrogen) atoms. The molecule has 1 aliphatic carbocycles. The number of benzene rings is 3. The van der Waals surface area contributed by atoms with Gasteiger partial charge in [0.25, 0.3) is 0 Å². The molecule has 0 bridgehead atoms. The first-order valence-corrected chi connectivity index (χ1v) is 22.8. The van der Waals surface area contributed by atoms with Gasteiger partial charge in [0.15, 0.2) is 5.60 Å². The summed E-state index contributed by atoms with van der Waals surface area (Å²) in [6.45, 7) is 32.2. The molecule has 8 heteroatoms. The number of rotatable bonds is 5. The smallest absolute Gasteiger partial charge is 0.341 e. The lowest BCUT2D eigenvalue weighted by Crippen LogP contribution is -2.45. The van der Waals surface area contributed by atoms with Gasteiger partial charge in [-0.1, -0.05) is 79.7 Å². The molecule has 258 valence electrons. The van der Waals surface area contributed by atoms with Crippen LogP contribution in [0.2, 0.25) is 36.3 Å². The Bertz CT molecular complexity index is 1720. The van der Waals surface area contributed by atoms with Crippen molar-refractivity contribution in [3.63, 3.8) is 0 Å². The van der Waals surface area contributed by atoms with E-state index in [0.29, 0.717) is 5.56 Å². The average Bonchev–Trinajstić information content (AvgIpc) is 3.22. The van der Waals surface area contributed by atoms with Gasteiger partial charge in [0.05, 0.1) is 11.1 Å². The lowest BCUT2D eigenvalue weighted by atomic mass is 9.61. The molecule has 1 heterocycles. The van der Waals surface area contributed by atoms with Gasteiger partial charge >= 0.3 is 11.9 Å². The van der Waals surface area contributed by atoms with Crippen LogP contribution in [0, 0.1) is 0 Å². The second-order valence-corrected chi connectivity index (χ2v) is 27.5. The van der Waals surface area contributed by atoms with Crippen molar-refractivity contribution in [1.82, 2.24) is 0 Å². The molecule has 0 radical (unpaired) electrons. The van der Waals surface area contributed by atoms with Gasteiger partial charge in [-0.2, -0.15) is 0 Å². The molecular formula is C40H54O6Si2. The molecule has 3 aromatic carbocycles. The number of carbonyl (C=O) groups is 2. The highest BCUT2D eigenvalue weighted by Crippen LogP contribution is 2.58. The van der Waals surface area contributed by atoms with E-state index in [4.69, 9.17) is 18.3 Å². The molecule has 0 saturated carbocycles. The maximum absolute atomic E-state index is 14.1. The van der Waals surface area contributed by atoms with Gasteiger partial charge < -0.3 is 18.3 Å². The molecule has 0 aromatic heterocycles. The van der Waals surface area contributed by atoms with Crippen LogP contribution in [-0.2, 0) is 20.5 Å². The van der Waals surface area contributed by atoms with Gasteiger partial charge in [-0.15, -0.1) is 0 Å². The predicted molar refractivity (Wildman–Crippen MR) is 198 cm³/mol. The van der Waals surface area contributed by atoms with Gasteiger partial charge in [-0.05, 0) is 98.5 Å². The lowest BCUT2D eigenvalue weighted by Gasteiger charge is -2.45. The highest BCUT2D eigenvalue weighted by molar-refractivity contribution is 6.75. The van der Waals surface area contributed by atoms with Crippen LogP contribution in [0.15, 0.2) is 54.6 Å². The summed E-state index contributed by atoms with van der Waals surface area (Å²) in [4.78, 5) is 27.6. The Kier molecular flexibility index (Phi) is 8.29. The minimum absolute atomic E-state index is 0.0141. The normalized spacial score (nSPS) is 16.9. The summed E-state index contributed by atoms with van der Waals surface area (Å²) in [7, 11) is -4.33. The molecule has 1 spiro atoms. The lowest BCUT2D eigenvalue weighted by molar-refractivity contribution is 0.00621. The molecule has 5 rings (SSSR count). The molecule has 6 nitrogen and oxygen atoms in total. The largest absolute Gasteiger partial charge is 0.543 e. The van der Waals surface area contributed by atoms with E-state index >= 15 is 0 Å². The third-order valence-corrected chi connectivity index (χ3v) is 19.7. The van der Waals surface area contributed by atoms with E-state index in [1.807, 2.05) is 57.2 Å². The average molecular weight is 687 g/mol. The van der Waals surface area contributed by atoms with Crippen molar-refractivity contribution in [3.05, 3.63) is 93.5 Å². The number of fused-ring (bicyclic) bond motifs is 6. The first-order valence-electron chi connectivity index (χ1n) is 17.0. The van der Waals surface area contributed by atoms with Gasteiger partial charge in [-0.3, -0.25) is 0 Å². The van der Waals surface area contributed by atoms with Crippen LogP contribution in [0.4, 0.5) is 0 Å². The van der Waals surface area contributed by atoms with Crippen molar-refractivity contribution in [2.24, 2.45) is 0 Å². The quantitative estimate of drug-likeness (QED) is 0.197. The van der Waals surface area contributed by atoms with Gasteiger partial charge in [0, 0.05) is 22.1 Å². The van der Waals surface area contributed by atoms with Crippen LogP contribution in [0.3, 0.4) is 0 Å². The Morgan fingerprint density at radius 1 is 0.667 bits per heavy atom. The molecule has 0 atom stereocenters. The van der Waals surface area contributed by atoms with Crippen molar-refractivity contribution in [3.8, 4) is 11.5 Å². The number of esters is 2. The fraction of sp³-hybridized carbons (Fsp3) is 0.500. The Hall–Kier alpha value is -3.37. The summed E-state index contributed by atoms with van der Waals surface area (Å²) < 4.78 is 26.0. The second kappa shape index (κ2) is 11.1. The van der Waals surface area contributed by atoms with E-state index in [0.717, 1.165) is 33.8 Å². The fourth-order valence-electron chi connectivity index (χ4n) is 6.22. The highest BCUT2D eigenvalue weighted by atomic mass is 28.4. The zero-order chi connectivity index (χ0) is 36.0. The summed E-state index contributed by atoms with van der Waals surface area (Å²) in [6, 6.07) is 17.7. The van der Waals surface area contributed by atoms with Gasteiger partial charge in [-0.25, -0.2) is 9.59 Å². The Morgan fingerprint density at radius 2 is 1.12 bits per heavy atom. The SMILES string of the molecule is CC(C)(C)OC(=O)c1cccc2c1C(=O)OC21c2ccc(O[Si](C)(C)C(C)(C)C)cc2C(C)(C)c2cc(O[Si](C)(C)C(C)(C)C)ccc21. The van der Waals surface area contributed by atoms with Crippen LogP contribution >= 0.6 is 0 Å². The first kappa shape index (κ1) is 35.9. The van der Waals surface area contributed by atoms with Crippen molar-refractivity contribution in [2.75, 3.05) is 0 Å². The minimum Gasteiger partial charge on any atom is -0.543 e. The van der Waals surface area contributed by atoms with E-state index in [-0.39, 0.29) is 21.2 Å². The Labute approximate surface area is 289 Å². The van der Waals surface area contributed by atoms with Crippen LogP contribution < -0.4 is 8.85 Å². The fourth-order valence-corrected chi connectivity index (χ4v) is 8.27. The standard InChI is InChI=1S/C40H54O6Si2/c1-36(2,3)43-34(41)27-17-16-18-30-33(27)35(42)44-40(30)28-21-19-25(45-47(12,13)37(4,5)6)23-31(28)39(10,11)32-24-26(20-22-29(32)40)46-48(14,15)38(7,8)9/h16-24H,1-15H3. The monoisotopic (exact) mass is 686 g/mol. The maximum Gasteiger partial charge on any atom is 0.341 e. The highest BCUT2D eigenvalue weighted by Gasteiger charge is 2.57. The molecule has 0 saturated heterocycles. The summed E-state index contributed by atoms with van der Waals surface area (Å²) in [5.74, 6) is 0.493. The van der Waals surface area contributed by atoms with E-state index in [1.165, 1.54) is 0 Å². The van der Waals surface area contributed by atoms with E-state index in [2.05, 4.69) is 93.7 Å². The molecule has 0 N–H and O–H groups in total. The molecular weight excluding hydrogens is 633 g/mol. The summed E-state index contributed by atoms with van der Waals surface area (Å²) >= 11 is 0. The Balaban J connectivity index is 1.79. The van der Waals surface area contributed by atoms with Crippen LogP contribution in [0.25, 0.3) is 0 Å². The molecule has 0 fully saturated rings. The van der Waals surface area contributed by atoms with Crippen molar-refractivity contribution in [2.45, 2.75) is 129 Å². The topological polar surface area (TPSA) is 71.1 Å². The Morgan fingerprint density at radius 3 is 1.54 bits per heavy atom. The molecule has 0 amide bonds. The molecule has 3 aromatic rings. The van der Waals surface area contributed by atoms with Crippen molar-refractivity contribution in [1.29, 1.82) is 0 Å². The van der Waals surface area contributed by atoms with E-state index in [9.17, 15) is 9.59 Å². The third-order valence-electron chi connectivity index (χ3n) is 11.0. The van der Waals surface area contributed by atoms with Crippen molar-refractivity contribution >= 4 is 28.6 Å². The zero-order valence-corrected chi connectivity index (χ0v) is 33.6. The number of hydrogen-bond acceptors (Lipinski definition) is 6.